The lowest BCUT2D eigenvalue weighted by atomic mass is 10.1. The van der Waals surface area contributed by atoms with E-state index >= 15 is 0 Å². The summed E-state index contributed by atoms with van der Waals surface area (Å²) in [6.45, 7) is 3.90. The van der Waals surface area contributed by atoms with E-state index in [1.54, 1.807) is 25.3 Å². The number of benzene rings is 1. The largest absolute Gasteiger partial charge is 0.497 e. The van der Waals surface area contributed by atoms with Gasteiger partial charge in [0.15, 0.2) is 0 Å². The molecule has 0 aliphatic rings. The van der Waals surface area contributed by atoms with Gasteiger partial charge >= 0.3 is 0 Å². The molecule has 0 fully saturated rings. The molecule has 1 rings (SSSR count). The van der Waals surface area contributed by atoms with Gasteiger partial charge in [-0.15, -0.1) is 0 Å². The van der Waals surface area contributed by atoms with Crippen LogP contribution in [0.25, 0.3) is 0 Å². The molecule has 0 atom stereocenters. The molecule has 5 heteroatoms. The van der Waals surface area contributed by atoms with Gasteiger partial charge in [0.25, 0.3) is 5.91 Å². The van der Waals surface area contributed by atoms with E-state index in [0.29, 0.717) is 16.6 Å². The number of methoxy groups -OCH3 is 1. The average molecular weight is 365 g/mol. The number of alkyl halides is 1. The number of rotatable bonds is 4. The van der Waals surface area contributed by atoms with Crippen LogP contribution in [0.1, 0.15) is 24.2 Å². The highest BCUT2D eigenvalue weighted by molar-refractivity contribution is 9.10. The fraction of sp³-hybridized carbons (Fsp3) is 0.417. The zero-order valence-electron chi connectivity index (χ0n) is 10.0. The molecule has 0 bridgehead atoms. The Hall–Kier alpha value is -0.550. The molecule has 0 unspecified atom stereocenters. The van der Waals surface area contributed by atoms with Crippen molar-refractivity contribution < 1.29 is 9.53 Å². The van der Waals surface area contributed by atoms with Crippen molar-refractivity contribution in [3.05, 3.63) is 28.2 Å². The Bertz CT molecular complexity index is 419. The first-order chi connectivity index (χ1) is 7.89. The Kier molecular flexibility index (Phi) is 5.01. The van der Waals surface area contributed by atoms with Crippen molar-refractivity contribution in [2.75, 3.05) is 12.4 Å². The number of carbonyl (C=O) groups is 1. The zero-order chi connectivity index (χ0) is 13.1. The first kappa shape index (κ1) is 14.5. The van der Waals surface area contributed by atoms with Crippen LogP contribution in [0, 0.1) is 0 Å². The summed E-state index contributed by atoms with van der Waals surface area (Å²) in [5.41, 5.74) is 0.276. The second-order valence-corrected chi connectivity index (χ2v) is 5.73. The molecule has 0 aromatic heterocycles. The minimum atomic E-state index is -0.292. The standard InChI is InChI=1S/C12H15Br2NO2/c1-12(2,7-13)15-11(16)9-6-8(17-3)4-5-10(9)14/h4-6H,7H2,1-3H3,(H,15,16). The number of halogens is 2. The number of nitrogens with one attached hydrogen (secondary N) is 1. The fourth-order valence-electron chi connectivity index (χ4n) is 1.21. The molecule has 0 aliphatic carbocycles. The van der Waals surface area contributed by atoms with Gasteiger partial charge in [0.05, 0.1) is 12.7 Å². The predicted octanol–water partition coefficient (Wildman–Crippen LogP) is 3.36. The minimum absolute atomic E-state index is 0.125. The van der Waals surface area contributed by atoms with Crippen molar-refractivity contribution in [2.24, 2.45) is 0 Å². The highest BCUT2D eigenvalue weighted by atomic mass is 79.9. The smallest absolute Gasteiger partial charge is 0.253 e. The van der Waals surface area contributed by atoms with Crippen LogP contribution in [-0.2, 0) is 0 Å². The third-order valence-electron chi connectivity index (χ3n) is 2.20. The van der Waals surface area contributed by atoms with Crippen LogP contribution >= 0.6 is 31.9 Å². The molecule has 0 aliphatic heterocycles. The van der Waals surface area contributed by atoms with Crippen LogP contribution in [0.5, 0.6) is 5.75 Å². The zero-order valence-corrected chi connectivity index (χ0v) is 13.2. The Labute approximate surface area is 118 Å². The monoisotopic (exact) mass is 363 g/mol. The number of ether oxygens (including phenoxy) is 1. The summed E-state index contributed by atoms with van der Waals surface area (Å²) >= 11 is 6.73. The first-order valence-corrected chi connectivity index (χ1v) is 7.03. The van der Waals surface area contributed by atoms with E-state index in [-0.39, 0.29) is 11.4 Å². The van der Waals surface area contributed by atoms with Gasteiger partial charge < -0.3 is 10.1 Å². The number of amides is 1. The molecule has 1 aromatic rings. The molecule has 1 amide bonds. The molecule has 17 heavy (non-hydrogen) atoms. The summed E-state index contributed by atoms with van der Waals surface area (Å²) in [6, 6.07) is 5.31. The summed E-state index contributed by atoms with van der Waals surface area (Å²) < 4.78 is 5.86. The van der Waals surface area contributed by atoms with Crippen molar-refractivity contribution in [3.63, 3.8) is 0 Å². The molecule has 1 aromatic carbocycles. The molecular formula is C12H15Br2NO2. The van der Waals surface area contributed by atoms with E-state index in [9.17, 15) is 4.79 Å². The van der Waals surface area contributed by atoms with E-state index in [1.807, 2.05) is 13.8 Å². The second-order valence-electron chi connectivity index (χ2n) is 4.32. The Balaban J connectivity index is 2.96. The van der Waals surface area contributed by atoms with Gasteiger partial charge in [-0.25, -0.2) is 0 Å². The van der Waals surface area contributed by atoms with Crippen LogP contribution in [-0.4, -0.2) is 23.9 Å². The summed E-state index contributed by atoms with van der Waals surface area (Å²) in [5, 5.41) is 3.63. The lowest BCUT2D eigenvalue weighted by Crippen LogP contribution is -2.44. The van der Waals surface area contributed by atoms with Crippen molar-refractivity contribution in [3.8, 4) is 5.75 Å². The lowest BCUT2D eigenvalue weighted by Gasteiger charge is -2.23. The summed E-state index contributed by atoms with van der Waals surface area (Å²) in [5.74, 6) is 0.537. The van der Waals surface area contributed by atoms with Crippen molar-refractivity contribution >= 4 is 37.8 Å². The van der Waals surface area contributed by atoms with Gasteiger partial charge in [-0.05, 0) is 48.0 Å². The molecular weight excluding hydrogens is 350 g/mol. The maximum Gasteiger partial charge on any atom is 0.253 e. The molecule has 0 saturated heterocycles. The van der Waals surface area contributed by atoms with Gasteiger partial charge in [-0.3, -0.25) is 4.79 Å². The number of carbonyl (C=O) groups excluding carboxylic acids is 1. The predicted molar refractivity (Wildman–Crippen MR) is 76.0 cm³/mol. The summed E-state index contributed by atoms with van der Waals surface area (Å²) in [7, 11) is 1.58. The third kappa shape index (κ3) is 4.00. The number of hydrogen-bond acceptors (Lipinski definition) is 2. The van der Waals surface area contributed by atoms with Gasteiger partial charge in [-0.1, -0.05) is 15.9 Å². The van der Waals surface area contributed by atoms with Gasteiger partial charge in [-0.2, -0.15) is 0 Å². The minimum Gasteiger partial charge on any atom is -0.497 e. The topological polar surface area (TPSA) is 38.3 Å². The van der Waals surface area contributed by atoms with Gasteiger partial charge in [0, 0.05) is 15.3 Å². The Morgan fingerprint density at radius 1 is 1.47 bits per heavy atom. The van der Waals surface area contributed by atoms with Crippen molar-refractivity contribution in [1.29, 1.82) is 0 Å². The van der Waals surface area contributed by atoms with Crippen molar-refractivity contribution in [1.82, 2.24) is 5.32 Å². The van der Waals surface area contributed by atoms with E-state index < -0.39 is 0 Å². The van der Waals surface area contributed by atoms with Crippen LogP contribution in [0.4, 0.5) is 0 Å². The molecule has 3 nitrogen and oxygen atoms in total. The normalized spacial score (nSPS) is 11.1. The van der Waals surface area contributed by atoms with E-state index in [4.69, 9.17) is 4.74 Å². The molecule has 0 heterocycles. The fourth-order valence-corrected chi connectivity index (χ4v) is 1.78. The van der Waals surface area contributed by atoms with Crippen LogP contribution in [0.2, 0.25) is 0 Å². The van der Waals surface area contributed by atoms with E-state index in [0.717, 1.165) is 4.47 Å². The molecule has 0 saturated carbocycles. The molecule has 0 radical (unpaired) electrons. The highest BCUT2D eigenvalue weighted by Gasteiger charge is 2.21. The molecule has 1 N–H and O–H groups in total. The highest BCUT2D eigenvalue weighted by Crippen LogP contribution is 2.23. The quantitative estimate of drug-likeness (QED) is 0.832. The number of hydrogen-bond donors (Lipinski definition) is 1. The Morgan fingerprint density at radius 3 is 2.65 bits per heavy atom. The van der Waals surface area contributed by atoms with Gasteiger partial charge in [0.1, 0.15) is 5.75 Å². The maximum absolute atomic E-state index is 12.1. The summed E-state index contributed by atoms with van der Waals surface area (Å²) in [6.07, 6.45) is 0. The Morgan fingerprint density at radius 2 is 2.12 bits per heavy atom. The second kappa shape index (κ2) is 5.87. The average Bonchev–Trinajstić information content (AvgIpc) is 2.29. The lowest BCUT2D eigenvalue weighted by molar-refractivity contribution is 0.0920. The molecule has 0 spiro atoms. The van der Waals surface area contributed by atoms with Gasteiger partial charge in [0.2, 0.25) is 0 Å². The van der Waals surface area contributed by atoms with Crippen molar-refractivity contribution in [2.45, 2.75) is 19.4 Å². The molecule has 94 valence electrons. The van der Waals surface area contributed by atoms with Crippen LogP contribution in [0.3, 0.4) is 0 Å². The summed E-state index contributed by atoms with van der Waals surface area (Å²) in [4.78, 5) is 12.1. The van der Waals surface area contributed by atoms with E-state index in [2.05, 4.69) is 37.2 Å². The van der Waals surface area contributed by atoms with Crippen LogP contribution in [0.15, 0.2) is 22.7 Å². The first-order valence-electron chi connectivity index (χ1n) is 5.11. The van der Waals surface area contributed by atoms with Crippen LogP contribution < -0.4 is 10.1 Å². The maximum atomic E-state index is 12.1. The van der Waals surface area contributed by atoms with E-state index in [1.165, 1.54) is 0 Å². The third-order valence-corrected chi connectivity index (χ3v) is 4.30. The SMILES string of the molecule is COc1ccc(Br)c(C(=O)NC(C)(C)CBr)c1.